The van der Waals surface area contributed by atoms with Gasteiger partial charge in [-0.3, -0.25) is 9.10 Å². The fraction of sp³-hybridized carbons (Fsp3) is 0.316. The summed E-state index contributed by atoms with van der Waals surface area (Å²) in [6, 6.07) is 11.5. The quantitative estimate of drug-likeness (QED) is 0.573. The Hall–Kier alpha value is -1.64. The predicted octanol–water partition coefficient (Wildman–Crippen LogP) is 4.15. The van der Waals surface area contributed by atoms with Crippen LogP contribution in [0.25, 0.3) is 0 Å². The fourth-order valence-electron chi connectivity index (χ4n) is 2.62. The van der Waals surface area contributed by atoms with Gasteiger partial charge in [-0.1, -0.05) is 39.7 Å². The average Bonchev–Trinajstić information content (AvgIpc) is 2.60. The van der Waals surface area contributed by atoms with Crippen molar-refractivity contribution in [3.8, 4) is 0 Å². The third-order valence-corrected chi connectivity index (χ3v) is 5.92. The molecule has 1 amide bonds. The molecule has 0 heterocycles. The number of nitrogens with zero attached hydrogens (tertiary/aromatic N) is 1. The molecule has 0 aliphatic heterocycles. The SMILES string of the molecule is CS(=O)(=O)N(CCCC(=O)NCCc1ccc(Cl)cc1)c1ccc(Br)cc1F. The molecular weight excluding hydrogens is 471 g/mol. The first-order valence-corrected chi connectivity index (χ1v) is 11.6. The summed E-state index contributed by atoms with van der Waals surface area (Å²) in [5.41, 5.74) is 1.02. The van der Waals surface area contributed by atoms with Crippen LogP contribution in [-0.2, 0) is 21.2 Å². The molecule has 9 heteroatoms. The standard InChI is InChI=1S/C19H21BrClFN2O3S/c1-28(26,27)24(18-9-6-15(20)13-17(18)22)12-2-3-19(25)23-11-10-14-4-7-16(21)8-5-14/h4-9,13H,2-3,10-12H2,1H3,(H,23,25). The normalized spacial score (nSPS) is 11.3. The summed E-state index contributed by atoms with van der Waals surface area (Å²) >= 11 is 8.97. The van der Waals surface area contributed by atoms with Gasteiger partial charge >= 0.3 is 0 Å². The number of amides is 1. The zero-order valence-electron chi connectivity index (χ0n) is 15.3. The molecule has 0 radical (unpaired) electrons. The minimum Gasteiger partial charge on any atom is -0.356 e. The van der Waals surface area contributed by atoms with Crippen molar-refractivity contribution in [1.29, 1.82) is 0 Å². The van der Waals surface area contributed by atoms with Gasteiger partial charge in [-0.2, -0.15) is 0 Å². The predicted molar refractivity (Wildman–Crippen MR) is 114 cm³/mol. The number of nitrogens with one attached hydrogen (secondary N) is 1. The molecular formula is C19H21BrClFN2O3S. The number of carbonyl (C=O) groups excluding carboxylic acids is 1. The van der Waals surface area contributed by atoms with E-state index in [-0.39, 0.29) is 31.0 Å². The highest BCUT2D eigenvalue weighted by atomic mass is 79.9. The first kappa shape index (κ1) is 22.6. The van der Waals surface area contributed by atoms with E-state index in [0.29, 0.717) is 22.5 Å². The summed E-state index contributed by atoms with van der Waals surface area (Å²) in [6.45, 7) is 0.486. The van der Waals surface area contributed by atoms with Crippen molar-refractivity contribution in [2.24, 2.45) is 0 Å². The fourth-order valence-corrected chi connectivity index (χ4v) is 4.04. The Morgan fingerprint density at radius 1 is 1.21 bits per heavy atom. The molecule has 0 saturated carbocycles. The second-order valence-corrected chi connectivity index (χ2v) is 9.52. The van der Waals surface area contributed by atoms with E-state index in [2.05, 4.69) is 21.2 Å². The summed E-state index contributed by atoms with van der Waals surface area (Å²) < 4.78 is 39.7. The number of hydrogen-bond acceptors (Lipinski definition) is 3. The molecule has 0 aromatic heterocycles. The van der Waals surface area contributed by atoms with E-state index >= 15 is 0 Å². The van der Waals surface area contributed by atoms with Crippen LogP contribution in [0.4, 0.5) is 10.1 Å². The number of carbonyl (C=O) groups is 1. The Balaban J connectivity index is 1.84. The first-order chi connectivity index (χ1) is 13.2. The van der Waals surface area contributed by atoms with E-state index in [1.165, 1.54) is 12.1 Å². The smallest absolute Gasteiger partial charge is 0.232 e. The highest BCUT2D eigenvalue weighted by Crippen LogP contribution is 2.25. The topological polar surface area (TPSA) is 66.5 Å². The molecule has 2 rings (SSSR count). The van der Waals surface area contributed by atoms with Gasteiger partial charge in [0, 0.05) is 29.0 Å². The second-order valence-electron chi connectivity index (χ2n) is 6.26. The van der Waals surface area contributed by atoms with Crippen LogP contribution in [0.5, 0.6) is 0 Å². The molecule has 0 aliphatic rings. The zero-order valence-corrected chi connectivity index (χ0v) is 18.4. The number of halogens is 3. The Kier molecular flexibility index (Phi) is 8.27. The Bertz CT molecular complexity index is 923. The molecule has 1 N–H and O–H groups in total. The monoisotopic (exact) mass is 490 g/mol. The number of rotatable bonds is 9. The van der Waals surface area contributed by atoms with Crippen LogP contribution < -0.4 is 9.62 Å². The van der Waals surface area contributed by atoms with Crippen LogP contribution in [0.1, 0.15) is 18.4 Å². The molecule has 0 bridgehead atoms. The van der Waals surface area contributed by atoms with Crippen molar-refractivity contribution >= 4 is 49.1 Å². The van der Waals surface area contributed by atoms with E-state index in [0.717, 1.165) is 16.1 Å². The lowest BCUT2D eigenvalue weighted by molar-refractivity contribution is -0.121. The van der Waals surface area contributed by atoms with Gasteiger partial charge < -0.3 is 5.32 Å². The summed E-state index contributed by atoms with van der Waals surface area (Å²) in [4.78, 5) is 12.0. The van der Waals surface area contributed by atoms with Crippen molar-refractivity contribution in [3.63, 3.8) is 0 Å². The average molecular weight is 492 g/mol. The van der Waals surface area contributed by atoms with Crippen LogP contribution in [0.3, 0.4) is 0 Å². The van der Waals surface area contributed by atoms with Crippen LogP contribution in [-0.4, -0.2) is 33.7 Å². The van der Waals surface area contributed by atoms with Gasteiger partial charge in [-0.15, -0.1) is 0 Å². The molecule has 0 atom stereocenters. The highest BCUT2D eigenvalue weighted by molar-refractivity contribution is 9.10. The minimum absolute atomic E-state index is 0.0159. The van der Waals surface area contributed by atoms with Crippen molar-refractivity contribution in [2.45, 2.75) is 19.3 Å². The minimum atomic E-state index is -3.67. The number of hydrogen-bond donors (Lipinski definition) is 1. The van der Waals surface area contributed by atoms with Gasteiger partial charge in [-0.25, -0.2) is 12.8 Å². The summed E-state index contributed by atoms with van der Waals surface area (Å²) in [6.07, 6.45) is 2.10. The van der Waals surface area contributed by atoms with Crippen molar-refractivity contribution in [2.75, 3.05) is 23.7 Å². The molecule has 28 heavy (non-hydrogen) atoms. The Morgan fingerprint density at radius 2 is 1.89 bits per heavy atom. The second kappa shape index (κ2) is 10.2. The lowest BCUT2D eigenvalue weighted by atomic mass is 10.1. The van der Waals surface area contributed by atoms with E-state index in [4.69, 9.17) is 11.6 Å². The Labute approximate surface area is 178 Å². The van der Waals surface area contributed by atoms with Crippen molar-refractivity contribution in [3.05, 3.63) is 63.3 Å². The largest absolute Gasteiger partial charge is 0.356 e. The summed E-state index contributed by atoms with van der Waals surface area (Å²) in [7, 11) is -3.67. The van der Waals surface area contributed by atoms with E-state index in [1.54, 1.807) is 18.2 Å². The van der Waals surface area contributed by atoms with Crippen LogP contribution in [0.2, 0.25) is 5.02 Å². The molecule has 5 nitrogen and oxygen atoms in total. The van der Waals surface area contributed by atoms with Gasteiger partial charge in [0.15, 0.2) is 0 Å². The Morgan fingerprint density at radius 3 is 2.50 bits per heavy atom. The molecule has 2 aromatic carbocycles. The molecule has 152 valence electrons. The van der Waals surface area contributed by atoms with Crippen molar-refractivity contribution < 1.29 is 17.6 Å². The number of sulfonamides is 1. The highest BCUT2D eigenvalue weighted by Gasteiger charge is 2.21. The third-order valence-electron chi connectivity index (χ3n) is 3.99. The van der Waals surface area contributed by atoms with E-state index in [9.17, 15) is 17.6 Å². The maximum absolute atomic E-state index is 14.1. The van der Waals surface area contributed by atoms with Gasteiger partial charge in [0.2, 0.25) is 15.9 Å². The molecule has 0 aliphatic carbocycles. The molecule has 0 unspecified atom stereocenters. The lowest BCUT2D eigenvalue weighted by Gasteiger charge is -2.23. The third kappa shape index (κ3) is 7.07. The molecule has 2 aromatic rings. The summed E-state index contributed by atoms with van der Waals surface area (Å²) in [5, 5.41) is 3.45. The van der Waals surface area contributed by atoms with Gasteiger partial charge in [0.1, 0.15) is 5.82 Å². The maximum Gasteiger partial charge on any atom is 0.232 e. The number of anilines is 1. The summed E-state index contributed by atoms with van der Waals surface area (Å²) in [5.74, 6) is -0.828. The molecule has 0 saturated heterocycles. The first-order valence-electron chi connectivity index (χ1n) is 8.61. The number of benzene rings is 2. The zero-order chi connectivity index (χ0) is 20.7. The van der Waals surface area contributed by atoms with Crippen LogP contribution in [0.15, 0.2) is 46.9 Å². The van der Waals surface area contributed by atoms with Gasteiger partial charge in [-0.05, 0) is 48.7 Å². The lowest BCUT2D eigenvalue weighted by Crippen LogP contribution is -2.33. The van der Waals surface area contributed by atoms with Crippen LogP contribution >= 0.6 is 27.5 Å². The maximum atomic E-state index is 14.1. The molecule has 0 spiro atoms. The van der Waals surface area contributed by atoms with E-state index in [1.807, 2.05) is 12.1 Å². The van der Waals surface area contributed by atoms with Crippen LogP contribution in [0, 0.1) is 5.82 Å². The van der Waals surface area contributed by atoms with Gasteiger partial charge in [0.25, 0.3) is 0 Å². The molecule has 0 fully saturated rings. The van der Waals surface area contributed by atoms with Gasteiger partial charge in [0.05, 0.1) is 11.9 Å². The van der Waals surface area contributed by atoms with Crippen molar-refractivity contribution in [1.82, 2.24) is 5.32 Å². The van der Waals surface area contributed by atoms with E-state index < -0.39 is 15.8 Å².